The quantitative estimate of drug-likeness (QED) is 0.345. The van der Waals surface area contributed by atoms with E-state index in [1.54, 1.807) is 0 Å². The third kappa shape index (κ3) is 13.3. The van der Waals surface area contributed by atoms with E-state index in [0.29, 0.717) is 0 Å². The summed E-state index contributed by atoms with van der Waals surface area (Å²) < 4.78 is 10.8. The van der Waals surface area contributed by atoms with E-state index >= 15 is 0 Å². The van der Waals surface area contributed by atoms with Crippen LogP contribution in [0.1, 0.15) is 0 Å². The van der Waals surface area contributed by atoms with Crippen molar-refractivity contribution in [3.8, 4) is 0 Å². The van der Waals surface area contributed by atoms with Crippen molar-refractivity contribution >= 4 is 7.85 Å². The fourth-order valence-corrected chi connectivity index (χ4v) is 0. The van der Waals surface area contributed by atoms with Crippen LogP contribution in [0.25, 0.3) is 0 Å². The van der Waals surface area contributed by atoms with Crippen LogP contribution in [0.2, 0.25) is 0 Å². The Hall–Kier alpha value is -0.265. The minimum Gasteiger partial charge on any atom is -0.225 e. The molecule has 0 saturated carbocycles. The summed E-state index contributed by atoms with van der Waals surface area (Å²) in [5, 5.41) is 0. The number of halogens is 1. The van der Waals surface area contributed by atoms with Crippen LogP contribution in [0.15, 0.2) is 12.3 Å². The van der Waals surface area contributed by atoms with Gasteiger partial charge < -0.3 is 0 Å². The maximum atomic E-state index is 10.8. The molecule has 4 heavy (non-hydrogen) atoms. The molecule has 0 nitrogen and oxygen atoms in total. The van der Waals surface area contributed by atoms with E-state index in [1.807, 2.05) is 0 Å². The summed E-state index contributed by atoms with van der Waals surface area (Å²) in [5.74, 6) is 0. The highest BCUT2D eigenvalue weighted by atomic mass is 19.1. The average molecular weight is 57.9 g/mol. The molecule has 0 spiro atoms. The van der Waals surface area contributed by atoms with Crippen LogP contribution >= 0.6 is 0 Å². The van der Waals surface area contributed by atoms with Crippen molar-refractivity contribution < 1.29 is 4.39 Å². The summed E-state index contributed by atoms with van der Waals surface area (Å²) in [6.07, 6.45) is 0. The summed E-state index contributed by atoms with van der Waals surface area (Å²) in [6.45, 7) is 2.89. The Kier molecular flexibility index (Phi) is 1.03. The second-order valence-electron chi connectivity index (χ2n) is 0.676. The highest BCUT2D eigenvalue weighted by molar-refractivity contribution is 6.19. The Balaban J connectivity index is 2.80. The molecule has 0 unspecified atom stereocenters. The molecule has 0 N–H and O–H groups in total. The molecule has 0 radical (unpaired) electrons. The Morgan fingerprint density at radius 1 is 2.00 bits per heavy atom. The minimum absolute atomic E-state index is 0.333. The highest BCUT2D eigenvalue weighted by Crippen LogP contribution is 1.72. The molecular weight excluding hydrogens is 53.8 g/mol. The SMILES string of the molecule is BC(=C)F. The molecule has 0 heterocycles. The van der Waals surface area contributed by atoms with Crippen molar-refractivity contribution in [3.05, 3.63) is 12.3 Å². The van der Waals surface area contributed by atoms with Crippen LogP contribution in [0.5, 0.6) is 0 Å². The van der Waals surface area contributed by atoms with Crippen LogP contribution in [-0.2, 0) is 0 Å². The lowest BCUT2D eigenvalue weighted by Gasteiger charge is -1.59. The largest absolute Gasteiger partial charge is 0.225 e. The fraction of sp³-hybridized carbons (Fsp3) is 0. The minimum atomic E-state index is -0.333. The van der Waals surface area contributed by atoms with E-state index in [1.165, 1.54) is 7.85 Å². The average Bonchev–Trinajstić information content (AvgIpc) is 0.811. The molecule has 0 aromatic carbocycles. The van der Waals surface area contributed by atoms with Gasteiger partial charge in [0.15, 0.2) is 7.85 Å². The fourth-order valence-electron chi connectivity index (χ4n) is 0. The van der Waals surface area contributed by atoms with Crippen molar-refractivity contribution in [2.75, 3.05) is 0 Å². The van der Waals surface area contributed by atoms with Gasteiger partial charge in [0.05, 0.1) is 0 Å². The molecule has 2 heteroatoms. The Morgan fingerprint density at radius 2 is 2.00 bits per heavy atom. The lowest BCUT2D eigenvalue weighted by Crippen LogP contribution is -1.53. The first kappa shape index (κ1) is 3.73. The summed E-state index contributed by atoms with van der Waals surface area (Å²) in [7, 11) is 1.31. The monoisotopic (exact) mass is 58.0 g/mol. The van der Waals surface area contributed by atoms with E-state index in [2.05, 4.69) is 6.58 Å². The number of hydrogen-bond donors (Lipinski definition) is 0. The van der Waals surface area contributed by atoms with Gasteiger partial charge in [0.1, 0.15) is 0 Å². The summed E-state index contributed by atoms with van der Waals surface area (Å²) in [4.78, 5) is 0. The smallest absolute Gasteiger partial charge is 0.176 e. The number of hydrogen-bond acceptors (Lipinski definition) is 0. The molecule has 0 fully saturated rings. The van der Waals surface area contributed by atoms with E-state index in [9.17, 15) is 4.39 Å². The molecule has 0 aliphatic heterocycles. The van der Waals surface area contributed by atoms with Gasteiger partial charge in [-0.1, -0.05) is 6.58 Å². The summed E-state index contributed by atoms with van der Waals surface area (Å²) in [5.41, 5.74) is -0.333. The molecule has 0 aliphatic rings. The zero-order valence-corrected chi connectivity index (χ0v) is 2.59. The maximum Gasteiger partial charge on any atom is 0.176 e. The normalized spacial score (nSPS) is 6.25. The summed E-state index contributed by atoms with van der Waals surface area (Å²) >= 11 is 0. The van der Waals surface area contributed by atoms with Crippen LogP contribution < -0.4 is 0 Å². The third-order valence-corrected chi connectivity index (χ3v) is 0. The first-order chi connectivity index (χ1) is 1.73. The zero-order valence-electron chi connectivity index (χ0n) is 2.59. The molecule has 0 bridgehead atoms. The van der Waals surface area contributed by atoms with Gasteiger partial charge in [-0.15, -0.1) is 0 Å². The second-order valence-corrected chi connectivity index (χ2v) is 0.676. The predicted octanol–water partition coefficient (Wildman–Crippen LogP) is 0.0602. The van der Waals surface area contributed by atoms with Gasteiger partial charge in [0, 0.05) is 5.73 Å². The molecule has 0 atom stereocenters. The van der Waals surface area contributed by atoms with Gasteiger partial charge in [0.25, 0.3) is 0 Å². The second kappa shape index (κ2) is 1.10. The highest BCUT2D eigenvalue weighted by Gasteiger charge is 1.60. The van der Waals surface area contributed by atoms with E-state index < -0.39 is 0 Å². The Bertz CT molecular complexity index is 29.0. The molecule has 0 aromatic rings. The summed E-state index contributed by atoms with van der Waals surface area (Å²) in [6, 6.07) is 0. The zero-order chi connectivity index (χ0) is 3.58. The molecular formula is C2H4BF. The van der Waals surface area contributed by atoms with E-state index in [0.717, 1.165) is 0 Å². The standard InChI is InChI=1S/C2H4BF/c1-2(3)4/h1,3H2. The Labute approximate surface area is 25.7 Å². The Morgan fingerprint density at radius 3 is 2.00 bits per heavy atom. The van der Waals surface area contributed by atoms with Crippen molar-refractivity contribution in [1.82, 2.24) is 0 Å². The van der Waals surface area contributed by atoms with Gasteiger partial charge >= 0.3 is 0 Å². The lowest BCUT2D eigenvalue weighted by atomic mass is 10.1. The molecule has 0 rings (SSSR count). The molecule has 0 saturated heterocycles. The van der Waals surface area contributed by atoms with Crippen molar-refractivity contribution in [3.63, 3.8) is 0 Å². The van der Waals surface area contributed by atoms with Crippen molar-refractivity contribution in [1.29, 1.82) is 0 Å². The lowest BCUT2D eigenvalue weighted by molar-refractivity contribution is 0.698. The molecule has 0 aromatic heterocycles. The van der Waals surface area contributed by atoms with Crippen LogP contribution in [0.4, 0.5) is 4.39 Å². The maximum absolute atomic E-state index is 10.8. The van der Waals surface area contributed by atoms with Crippen molar-refractivity contribution in [2.45, 2.75) is 0 Å². The number of rotatable bonds is 0. The van der Waals surface area contributed by atoms with Gasteiger partial charge in [-0.25, -0.2) is 4.39 Å². The van der Waals surface area contributed by atoms with E-state index in [-0.39, 0.29) is 5.73 Å². The van der Waals surface area contributed by atoms with Gasteiger partial charge in [-0.05, 0) is 0 Å². The molecule has 22 valence electrons. The van der Waals surface area contributed by atoms with Crippen LogP contribution in [0, 0.1) is 0 Å². The predicted molar refractivity (Wildman–Crippen MR) is 18.8 cm³/mol. The topological polar surface area (TPSA) is 0 Å². The van der Waals surface area contributed by atoms with Crippen LogP contribution in [-0.4, -0.2) is 7.85 Å². The van der Waals surface area contributed by atoms with E-state index in [4.69, 9.17) is 0 Å². The first-order valence-electron chi connectivity index (χ1n) is 1.04. The third-order valence-electron chi connectivity index (χ3n) is 0. The van der Waals surface area contributed by atoms with Gasteiger partial charge in [-0.2, -0.15) is 0 Å². The molecule has 0 amide bonds. The first-order valence-corrected chi connectivity index (χ1v) is 1.04. The van der Waals surface area contributed by atoms with Gasteiger partial charge in [0.2, 0.25) is 0 Å². The van der Waals surface area contributed by atoms with Crippen molar-refractivity contribution in [2.24, 2.45) is 0 Å². The van der Waals surface area contributed by atoms with Gasteiger partial charge in [-0.3, -0.25) is 0 Å². The molecule has 0 aliphatic carbocycles. The van der Waals surface area contributed by atoms with Crippen LogP contribution in [0.3, 0.4) is 0 Å².